The number of ether oxygens (including phenoxy) is 1. The molecule has 0 saturated heterocycles. The van der Waals surface area contributed by atoms with Crippen molar-refractivity contribution >= 4 is 17.6 Å². The maximum atomic E-state index is 11.5. The van der Waals surface area contributed by atoms with Gasteiger partial charge < -0.3 is 10.5 Å². The van der Waals surface area contributed by atoms with Gasteiger partial charge in [-0.05, 0) is 41.9 Å². The number of esters is 1. The predicted octanol–water partition coefficient (Wildman–Crippen LogP) is 3.48. The summed E-state index contributed by atoms with van der Waals surface area (Å²) in [5.41, 5.74) is 8.94. The molecule has 0 heterocycles. The monoisotopic (exact) mass is 328 g/mol. The number of nitrogens with zero attached hydrogens (tertiary/aromatic N) is 1. The van der Waals surface area contributed by atoms with Gasteiger partial charge >= 0.3 is 5.97 Å². The highest BCUT2D eigenvalue weighted by atomic mass is 35.5. The van der Waals surface area contributed by atoms with Gasteiger partial charge in [-0.2, -0.15) is 5.26 Å². The van der Waals surface area contributed by atoms with Gasteiger partial charge in [0.25, 0.3) is 0 Å². The number of halogens is 1. The quantitative estimate of drug-likeness (QED) is 0.852. The highest BCUT2D eigenvalue weighted by molar-refractivity contribution is 6.33. The molecule has 2 aromatic rings. The van der Waals surface area contributed by atoms with E-state index in [1.807, 2.05) is 24.3 Å². The maximum absolute atomic E-state index is 11.5. The first-order chi connectivity index (χ1) is 11.1. The highest BCUT2D eigenvalue weighted by Gasteiger charge is 2.17. The molecule has 0 radical (unpaired) electrons. The summed E-state index contributed by atoms with van der Waals surface area (Å²) in [6, 6.07) is 14.9. The van der Waals surface area contributed by atoms with Crippen LogP contribution < -0.4 is 5.73 Å². The minimum absolute atomic E-state index is 0.141. The van der Waals surface area contributed by atoms with Crippen LogP contribution in [0.2, 0.25) is 5.02 Å². The standard InChI is InChI=1S/C18H17ClN2O2/c1-23-18(22)9-15(11-21)13-5-6-17(19)16(8-13)14-4-2-3-12(7-14)10-20/h2-8,15H,9,11,21H2,1H3/t15-/m0/s1. The summed E-state index contributed by atoms with van der Waals surface area (Å²) in [5, 5.41) is 9.62. The van der Waals surface area contributed by atoms with Gasteiger partial charge in [-0.3, -0.25) is 4.79 Å². The van der Waals surface area contributed by atoms with Gasteiger partial charge in [0.2, 0.25) is 0 Å². The Kier molecular flexibility index (Phi) is 5.75. The number of carbonyl (C=O) groups is 1. The predicted molar refractivity (Wildman–Crippen MR) is 90.0 cm³/mol. The van der Waals surface area contributed by atoms with E-state index in [0.717, 1.165) is 16.7 Å². The fourth-order valence-electron chi connectivity index (χ4n) is 2.40. The first-order valence-corrected chi connectivity index (χ1v) is 7.53. The van der Waals surface area contributed by atoms with E-state index in [9.17, 15) is 4.79 Å². The fourth-order valence-corrected chi connectivity index (χ4v) is 2.62. The van der Waals surface area contributed by atoms with Crippen molar-refractivity contribution < 1.29 is 9.53 Å². The number of benzene rings is 2. The van der Waals surface area contributed by atoms with E-state index >= 15 is 0 Å². The lowest BCUT2D eigenvalue weighted by Crippen LogP contribution is -2.17. The summed E-state index contributed by atoms with van der Waals surface area (Å²) in [4.78, 5) is 11.5. The molecule has 0 unspecified atom stereocenters. The van der Waals surface area contributed by atoms with Crippen molar-refractivity contribution in [2.24, 2.45) is 5.73 Å². The Bertz CT molecular complexity index is 753. The molecule has 0 aliphatic heterocycles. The Hall–Kier alpha value is -2.35. The number of hydrogen-bond acceptors (Lipinski definition) is 4. The molecule has 0 bridgehead atoms. The lowest BCUT2D eigenvalue weighted by atomic mass is 9.92. The van der Waals surface area contributed by atoms with Crippen LogP contribution in [0.4, 0.5) is 0 Å². The van der Waals surface area contributed by atoms with Gasteiger partial charge in [-0.25, -0.2) is 0 Å². The molecule has 2 aromatic carbocycles. The second-order valence-electron chi connectivity index (χ2n) is 5.14. The van der Waals surface area contributed by atoms with Gasteiger partial charge in [0, 0.05) is 16.5 Å². The van der Waals surface area contributed by atoms with Crippen LogP contribution in [0, 0.1) is 11.3 Å². The van der Waals surface area contributed by atoms with E-state index in [1.165, 1.54) is 7.11 Å². The molecule has 2 rings (SSSR count). The van der Waals surface area contributed by atoms with Crippen LogP contribution in [0.15, 0.2) is 42.5 Å². The average molecular weight is 329 g/mol. The summed E-state index contributed by atoms with van der Waals surface area (Å²) >= 11 is 6.30. The van der Waals surface area contributed by atoms with Gasteiger partial charge in [0.1, 0.15) is 0 Å². The second kappa shape index (κ2) is 7.77. The number of hydrogen-bond donors (Lipinski definition) is 1. The minimum Gasteiger partial charge on any atom is -0.469 e. The van der Waals surface area contributed by atoms with Crippen molar-refractivity contribution in [3.05, 3.63) is 58.6 Å². The van der Waals surface area contributed by atoms with Gasteiger partial charge in [0.15, 0.2) is 0 Å². The zero-order valence-corrected chi connectivity index (χ0v) is 13.5. The molecule has 1 atom stereocenters. The van der Waals surface area contributed by atoms with E-state index in [-0.39, 0.29) is 18.3 Å². The molecule has 0 amide bonds. The first kappa shape index (κ1) is 17.0. The molecule has 0 saturated carbocycles. The molecular formula is C18H17ClN2O2. The Morgan fingerprint density at radius 3 is 2.78 bits per heavy atom. The topological polar surface area (TPSA) is 76.1 Å². The maximum Gasteiger partial charge on any atom is 0.306 e. The van der Waals surface area contributed by atoms with Crippen molar-refractivity contribution in [3.8, 4) is 17.2 Å². The van der Waals surface area contributed by atoms with Crippen molar-refractivity contribution in [2.45, 2.75) is 12.3 Å². The summed E-state index contributed by atoms with van der Waals surface area (Å²) in [6.45, 7) is 0.328. The van der Waals surface area contributed by atoms with E-state index in [1.54, 1.807) is 18.2 Å². The Morgan fingerprint density at radius 1 is 1.35 bits per heavy atom. The molecule has 0 aliphatic carbocycles. The van der Waals surface area contributed by atoms with E-state index in [4.69, 9.17) is 27.3 Å². The van der Waals surface area contributed by atoms with Crippen molar-refractivity contribution in [1.82, 2.24) is 0 Å². The van der Waals surface area contributed by atoms with Crippen molar-refractivity contribution in [2.75, 3.05) is 13.7 Å². The molecule has 0 fully saturated rings. The van der Waals surface area contributed by atoms with Crippen LogP contribution in [0.25, 0.3) is 11.1 Å². The summed E-state index contributed by atoms with van der Waals surface area (Å²) in [6.07, 6.45) is 0.215. The molecule has 2 N–H and O–H groups in total. The lowest BCUT2D eigenvalue weighted by molar-refractivity contribution is -0.141. The number of methoxy groups -OCH3 is 1. The SMILES string of the molecule is COC(=O)C[C@@H](CN)c1ccc(Cl)c(-c2cccc(C#N)c2)c1. The Labute approximate surface area is 140 Å². The molecule has 23 heavy (non-hydrogen) atoms. The Balaban J connectivity index is 2.42. The number of nitriles is 1. The summed E-state index contributed by atoms with van der Waals surface area (Å²) < 4.78 is 4.72. The van der Waals surface area contributed by atoms with E-state index in [0.29, 0.717) is 17.1 Å². The normalized spacial score (nSPS) is 11.6. The van der Waals surface area contributed by atoms with Gasteiger partial charge in [0.05, 0.1) is 25.2 Å². The van der Waals surface area contributed by atoms with Crippen LogP contribution in [0.1, 0.15) is 23.5 Å². The van der Waals surface area contributed by atoms with Crippen LogP contribution in [0.5, 0.6) is 0 Å². The second-order valence-corrected chi connectivity index (χ2v) is 5.55. The van der Waals surface area contributed by atoms with Gasteiger partial charge in [-0.15, -0.1) is 0 Å². The van der Waals surface area contributed by atoms with E-state index < -0.39 is 0 Å². The van der Waals surface area contributed by atoms with E-state index in [2.05, 4.69) is 6.07 Å². The van der Waals surface area contributed by atoms with Crippen molar-refractivity contribution in [1.29, 1.82) is 5.26 Å². The smallest absolute Gasteiger partial charge is 0.306 e. The average Bonchev–Trinajstić information content (AvgIpc) is 2.60. The fraction of sp³-hybridized carbons (Fsp3) is 0.222. The lowest BCUT2D eigenvalue weighted by Gasteiger charge is -2.16. The zero-order valence-electron chi connectivity index (χ0n) is 12.8. The molecule has 5 heteroatoms. The Morgan fingerprint density at radius 2 is 2.13 bits per heavy atom. The highest BCUT2D eigenvalue weighted by Crippen LogP contribution is 2.32. The number of nitrogens with two attached hydrogens (primary N) is 1. The summed E-state index contributed by atoms with van der Waals surface area (Å²) in [7, 11) is 1.36. The molecule has 0 aliphatic rings. The van der Waals surface area contributed by atoms with Gasteiger partial charge in [-0.1, -0.05) is 29.8 Å². The van der Waals surface area contributed by atoms with Crippen LogP contribution in [0.3, 0.4) is 0 Å². The van der Waals surface area contributed by atoms with Crippen molar-refractivity contribution in [3.63, 3.8) is 0 Å². The largest absolute Gasteiger partial charge is 0.469 e. The van der Waals surface area contributed by atoms with Crippen LogP contribution in [-0.4, -0.2) is 19.6 Å². The first-order valence-electron chi connectivity index (χ1n) is 7.16. The molecule has 0 spiro atoms. The van der Waals surface area contributed by atoms with Crippen LogP contribution >= 0.6 is 11.6 Å². The number of rotatable bonds is 5. The third-order valence-corrected chi connectivity index (χ3v) is 4.02. The molecular weight excluding hydrogens is 312 g/mol. The zero-order chi connectivity index (χ0) is 16.8. The minimum atomic E-state index is -0.302. The van der Waals surface area contributed by atoms with Crippen LogP contribution in [-0.2, 0) is 9.53 Å². The third-order valence-electron chi connectivity index (χ3n) is 3.69. The number of carbonyl (C=O) groups excluding carboxylic acids is 1. The molecule has 4 nitrogen and oxygen atoms in total. The third kappa shape index (κ3) is 4.10. The molecule has 0 aromatic heterocycles. The summed E-state index contributed by atoms with van der Waals surface area (Å²) in [5.74, 6) is -0.443. The molecule has 118 valence electrons.